The van der Waals surface area contributed by atoms with Crippen molar-refractivity contribution < 1.29 is 24.2 Å². The Morgan fingerprint density at radius 1 is 1.46 bits per heavy atom. The Morgan fingerprint density at radius 2 is 2.17 bits per heavy atom. The number of carbonyl (C=O) groups is 2. The standard InChI is InChI=1S/C16H17NO5S2/c1-4-22-11-6-5-10(7-12(11)21-3)8-13-14(18)17(16(23)24-13)9(2)15(19)20/h5-9H,4H2,1-3H3,(H,19,20)/b13-8-/t9-/m0/s1. The van der Waals surface area contributed by atoms with E-state index in [1.54, 1.807) is 24.3 Å². The average Bonchev–Trinajstić information content (AvgIpc) is 2.82. The van der Waals surface area contributed by atoms with Gasteiger partial charge in [0.25, 0.3) is 5.91 Å². The van der Waals surface area contributed by atoms with Gasteiger partial charge in [-0.15, -0.1) is 0 Å². The Labute approximate surface area is 149 Å². The highest BCUT2D eigenvalue weighted by Crippen LogP contribution is 2.35. The number of ether oxygens (including phenoxy) is 2. The number of thioether (sulfide) groups is 1. The molecule has 1 fully saturated rings. The lowest BCUT2D eigenvalue weighted by atomic mass is 10.1. The molecule has 1 N–H and O–H groups in total. The van der Waals surface area contributed by atoms with Gasteiger partial charge >= 0.3 is 5.97 Å². The Balaban J connectivity index is 2.30. The minimum absolute atomic E-state index is 0.235. The van der Waals surface area contributed by atoms with E-state index in [1.165, 1.54) is 14.0 Å². The van der Waals surface area contributed by atoms with Crippen LogP contribution < -0.4 is 9.47 Å². The van der Waals surface area contributed by atoms with Crippen LogP contribution in [0.2, 0.25) is 0 Å². The van der Waals surface area contributed by atoms with Gasteiger partial charge in [-0.1, -0.05) is 30.0 Å². The van der Waals surface area contributed by atoms with Gasteiger partial charge in [0.15, 0.2) is 11.5 Å². The minimum atomic E-state index is -1.10. The maximum atomic E-state index is 12.4. The van der Waals surface area contributed by atoms with Gasteiger partial charge in [-0.3, -0.25) is 9.69 Å². The minimum Gasteiger partial charge on any atom is -0.493 e. The second-order valence-corrected chi connectivity index (χ2v) is 6.58. The molecule has 0 unspecified atom stereocenters. The van der Waals surface area contributed by atoms with Crippen LogP contribution in [0.25, 0.3) is 6.08 Å². The summed E-state index contributed by atoms with van der Waals surface area (Å²) in [6.07, 6.45) is 1.66. The number of amides is 1. The molecule has 1 aliphatic rings. The van der Waals surface area contributed by atoms with Crippen LogP contribution in [0, 0.1) is 0 Å². The quantitative estimate of drug-likeness (QED) is 0.612. The van der Waals surface area contributed by atoms with Crippen LogP contribution in [-0.2, 0) is 9.59 Å². The SMILES string of the molecule is CCOc1ccc(/C=C2\SC(=S)N([C@@H](C)C(=O)O)C2=O)cc1OC. The molecule has 0 radical (unpaired) electrons. The van der Waals surface area contributed by atoms with E-state index in [0.29, 0.717) is 23.0 Å². The van der Waals surface area contributed by atoms with Crippen LogP contribution in [-0.4, -0.2) is 46.0 Å². The van der Waals surface area contributed by atoms with Crippen LogP contribution >= 0.6 is 24.0 Å². The number of carboxylic acids is 1. The zero-order valence-electron chi connectivity index (χ0n) is 13.4. The van der Waals surface area contributed by atoms with Crippen molar-refractivity contribution in [3.63, 3.8) is 0 Å². The second-order valence-electron chi connectivity index (χ2n) is 4.91. The topological polar surface area (TPSA) is 76.1 Å². The molecule has 1 aromatic carbocycles. The monoisotopic (exact) mass is 367 g/mol. The third kappa shape index (κ3) is 3.70. The fourth-order valence-corrected chi connectivity index (χ4v) is 3.54. The molecule has 1 atom stereocenters. The van der Waals surface area contributed by atoms with E-state index < -0.39 is 17.9 Å². The summed E-state index contributed by atoms with van der Waals surface area (Å²) in [5.41, 5.74) is 0.735. The van der Waals surface area contributed by atoms with Crippen molar-refractivity contribution in [3.05, 3.63) is 28.7 Å². The number of aliphatic carboxylic acids is 1. The van der Waals surface area contributed by atoms with Crippen LogP contribution in [0.1, 0.15) is 19.4 Å². The van der Waals surface area contributed by atoms with Crippen molar-refractivity contribution in [3.8, 4) is 11.5 Å². The zero-order valence-corrected chi connectivity index (χ0v) is 15.1. The summed E-state index contributed by atoms with van der Waals surface area (Å²) >= 11 is 6.21. The number of rotatable bonds is 6. The molecule has 0 aliphatic carbocycles. The molecular weight excluding hydrogens is 350 g/mol. The van der Waals surface area contributed by atoms with Gasteiger partial charge in [0, 0.05) is 0 Å². The molecule has 6 nitrogen and oxygen atoms in total. The summed E-state index contributed by atoms with van der Waals surface area (Å²) < 4.78 is 11.0. The Morgan fingerprint density at radius 3 is 2.75 bits per heavy atom. The van der Waals surface area contributed by atoms with Gasteiger partial charge in [0.05, 0.1) is 18.6 Å². The first kappa shape index (κ1) is 18.3. The molecule has 0 saturated carbocycles. The highest BCUT2D eigenvalue weighted by Gasteiger charge is 2.38. The van der Waals surface area contributed by atoms with Crippen molar-refractivity contribution in [2.24, 2.45) is 0 Å². The van der Waals surface area contributed by atoms with Crippen LogP contribution in [0.3, 0.4) is 0 Å². The van der Waals surface area contributed by atoms with Gasteiger partial charge in [-0.2, -0.15) is 0 Å². The molecule has 1 saturated heterocycles. The van der Waals surface area contributed by atoms with Crippen LogP contribution in [0.15, 0.2) is 23.1 Å². The van der Waals surface area contributed by atoms with Crippen molar-refractivity contribution in [2.75, 3.05) is 13.7 Å². The molecule has 0 aromatic heterocycles. The third-order valence-electron chi connectivity index (χ3n) is 3.35. The molecule has 128 valence electrons. The van der Waals surface area contributed by atoms with Crippen LogP contribution in [0.5, 0.6) is 11.5 Å². The fourth-order valence-electron chi connectivity index (χ4n) is 2.12. The first-order chi connectivity index (χ1) is 11.4. The van der Waals surface area contributed by atoms with Gasteiger partial charge in [0.2, 0.25) is 0 Å². The predicted octanol–water partition coefficient (Wildman–Crippen LogP) is 2.77. The maximum Gasteiger partial charge on any atom is 0.326 e. The highest BCUT2D eigenvalue weighted by molar-refractivity contribution is 8.26. The molecule has 1 aromatic rings. The second kappa shape index (κ2) is 7.67. The third-order valence-corrected chi connectivity index (χ3v) is 4.68. The summed E-state index contributed by atoms with van der Waals surface area (Å²) in [5, 5.41) is 9.09. The first-order valence-electron chi connectivity index (χ1n) is 7.19. The zero-order chi connectivity index (χ0) is 17.9. The molecule has 0 spiro atoms. The lowest BCUT2D eigenvalue weighted by molar-refractivity contribution is -0.144. The van der Waals surface area contributed by atoms with Crippen LogP contribution in [0.4, 0.5) is 0 Å². The van der Waals surface area contributed by atoms with Gasteiger partial charge in [0.1, 0.15) is 10.4 Å². The summed E-state index contributed by atoms with van der Waals surface area (Å²) in [6, 6.07) is 4.30. The van der Waals surface area contributed by atoms with E-state index in [0.717, 1.165) is 22.2 Å². The lowest BCUT2D eigenvalue weighted by Gasteiger charge is -2.18. The number of thiocarbonyl (C=S) groups is 1. The number of hydrogen-bond donors (Lipinski definition) is 1. The van der Waals surface area contributed by atoms with Gasteiger partial charge in [-0.05, 0) is 37.6 Å². The lowest BCUT2D eigenvalue weighted by Crippen LogP contribution is -2.41. The molecular formula is C16H17NO5S2. The van der Waals surface area contributed by atoms with Gasteiger partial charge < -0.3 is 14.6 Å². The van der Waals surface area contributed by atoms with Crippen molar-refractivity contribution >= 4 is 46.3 Å². The van der Waals surface area contributed by atoms with Crippen molar-refractivity contribution in [1.29, 1.82) is 0 Å². The molecule has 24 heavy (non-hydrogen) atoms. The number of carbonyl (C=O) groups excluding carboxylic acids is 1. The summed E-state index contributed by atoms with van der Waals surface area (Å²) in [4.78, 5) is 25.0. The summed E-state index contributed by atoms with van der Waals surface area (Å²) in [5.74, 6) is -0.341. The van der Waals surface area contributed by atoms with Crippen molar-refractivity contribution in [2.45, 2.75) is 19.9 Å². The van der Waals surface area contributed by atoms with E-state index in [2.05, 4.69) is 0 Å². The van der Waals surface area contributed by atoms with E-state index in [1.807, 2.05) is 6.92 Å². The molecule has 8 heteroatoms. The smallest absolute Gasteiger partial charge is 0.326 e. The Kier molecular flexibility index (Phi) is 5.84. The van der Waals surface area contributed by atoms with E-state index in [-0.39, 0.29) is 4.32 Å². The summed E-state index contributed by atoms with van der Waals surface area (Å²) in [6.45, 7) is 3.82. The van der Waals surface area contributed by atoms with E-state index in [4.69, 9.17) is 26.8 Å². The number of benzene rings is 1. The number of carboxylic acid groups (broad SMARTS) is 1. The van der Waals surface area contributed by atoms with Crippen molar-refractivity contribution in [1.82, 2.24) is 4.90 Å². The molecule has 0 bridgehead atoms. The largest absolute Gasteiger partial charge is 0.493 e. The fraction of sp³-hybridized carbons (Fsp3) is 0.312. The molecule has 1 heterocycles. The first-order valence-corrected chi connectivity index (χ1v) is 8.42. The Bertz CT molecular complexity index is 716. The molecule has 1 aliphatic heterocycles. The van der Waals surface area contributed by atoms with E-state index in [9.17, 15) is 9.59 Å². The predicted molar refractivity (Wildman–Crippen MR) is 96.3 cm³/mol. The average molecular weight is 367 g/mol. The van der Waals surface area contributed by atoms with Gasteiger partial charge in [-0.25, -0.2) is 4.79 Å². The molecule has 1 amide bonds. The summed E-state index contributed by atoms with van der Waals surface area (Å²) in [7, 11) is 1.54. The molecule has 2 rings (SSSR count). The number of nitrogens with zero attached hydrogens (tertiary/aromatic N) is 1. The highest BCUT2D eigenvalue weighted by atomic mass is 32.2. The number of hydrogen-bond acceptors (Lipinski definition) is 6. The van der Waals surface area contributed by atoms with E-state index >= 15 is 0 Å². The number of methoxy groups -OCH3 is 1. The normalized spacial score (nSPS) is 17.3. The Hall–Kier alpha value is -2.06. The maximum absolute atomic E-state index is 12.4.